The number of carbonyl (C=O) groups is 2. The Balaban J connectivity index is 1.45. The van der Waals surface area contributed by atoms with Gasteiger partial charge in [0.1, 0.15) is 0 Å². The van der Waals surface area contributed by atoms with Gasteiger partial charge in [-0.3, -0.25) is 4.79 Å². The molecule has 29 heavy (non-hydrogen) atoms. The predicted molar refractivity (Wildman–Crippen MR) is 117 cm³/mol. The molecule has 6 nitrogen and oxygen atoms in total. The summed E-state index contributed by atoms with van der Waals surface area (Å²) in [6.45, 7) is 3.95. The maximum atomic E-state index is 12.2. The average Bonchev–Trinajstić information content (AvgIpc) is 3.11. The van der Waals surface area contributed by atoms with E-state index in [1.807, 2.05) is 48.5 Å². The Labute approximate surface area is 171 Å². The minimum atomic E-state index is -0.194. The van der Waals surface area contributed by atoms with Crippen molar-refractivity contribution in [1.29, 1.82) is 0 Å². The minimum Gasteiger partial charge on any atom is -0.347 e. The molecular weight excluding hydrogens is 364 g/mol. The molecule has 0 radical (unpaired) electrons. The van der Waals surface area contributed by atoms with Crippen molar-refractivity contribution in [3.8, 4) is 0 Å². The molecule has 2 aromatic carbocycles. The fraction of sp³-hybridized carbons (Fsp3) is 0.304. The molecule has 2 N–H and O–H groups in total. The van der Waals surface area contributed by atoms with Crippen LogP contribution in [0.15, 0.2) is 60.8 Å². The number of urea groups is 1. The lowest BCUT2D eigenvalue weighted by molar-refractivity contribution is -0.116. The molecule has 6 heteroatoms. The van der Waals surface area contributed by atoms with Crippen molar-refractivity contribution in [2.24, 2.45) is 0 Å². The molecule has 1 heterocycles. The first kappa shape index (κ1) is 20.5. The summed E-state index contributed by atoms with van der Waals surface area (Å²) in [6.07, 6.45) is 3.37. The average molecular weight is 393 g/mol. The number of rotatable bonds is 8. The van der Waals surface area contributed by atoms with Crippen LogP contribution in [0, 0.1) is 0 Å². The van der Waals surface area contributed by atoms with Gasteiger partial charge in [0.05, 0.1) is 0 Å². The Kier molecular flexibility index (Phi) is 6.89. The number of hydrogen-bond acceptors (Lipinski definition) is 2. The van der Waals surface area contributed by atoms with Crippen molar-refractivity contribution in [3.05, 3.63) is 66.4 Å². The van der Waals surface area contributed by atoms with Gasteiger partial charge in [-0.05, 0) is 36.2 Å². The van der Waals surface area contributed by atoms with Crippen LogP contribution in [0.25, 0.3) is 10.9 Å². The van der Waals surface area contributed by atoms with Crippen molar-refractivity contribution in [1.82, 2.24) is 14.8 Å². The smallest absolute Gasteiger partial charge is 0.317 e. The predicted octanol–water partition coefficient (Wildman–Crippen LogP) is 4.22. The fourth-order valence-corrected chi connectivity index (χ4v) is 3.28. The molecule has 0 atom stereocenters. The van der Waals surface area contributed by atoms with Crippen LogP contribution >= 0.6 is 0 Å². The van der Waals surface area contributed by atoms with Crippen LogP contribution in [-0.2, 0) is 17.9 Å². The van der Waals surface area contributed by atoms with Crippen LogP contribution in [0.4, 0.5) is 10.5 Å². The Morgan fingerprint density at radius 2 is 1.86 bits per heavy atom. The fourth-order valence-electron chi connectivity index (χ4n) is 3.28. The molecule has 152 valence electrons. The normalized spacial score (nSPS) is 10.7. The van der Waals surface area contributed by atoms with Crippen LogP contribution in [0.1, 0.15) is 25.3 Å². The first-order valence-electron chi connectivity index (χ1n) is 9.98. The summed E-state index contributed by atoms with van der Waals surface area (Å²) >= 11 is 0. The molecule has 0 bridgehead atoms. The third kappa shape index (κ3) is 5.60. The largest absolute Gasteiger partial charge is 0.347 e. The molecule has 1 aromatic heterocycles. The summed E-state index contributed by atoms with van der Waals surface area (Å²) in [4.78, 5) is 26.0. The highest BCUT2D eigenvalue weighted by Gasteiger charge is 2.10. The summed E-state index contributed by atoms with van der Waals surface area (Å²) < 4.78 is 2.21. The zero-order chi connectivity index (χ0) is 20.6. The van der Waals surface area contributed by atoms with E-state index in [-0.39, 0.29) is 18.4 Å². The van der Waals surface area contributed by atoms with Gasteiger partial charge >= 0.3 is 6.03 Å². The van der Waals surface area contributed by atoms with Gasteiger partial charge in [0.2, 0.25) is 5.91 Å². The number of amides is 3. The molecule has 3 rings (SSSR count). The van der Waals surface area contributed by atoms with E-state index < -0.39 is 0 Å². The number of carbonyl (C=O) groups excluding carboxylic acids is 2. The number of benzene rings is 2. The summed E-state index contributed by atoms with van der Waals surface area (Å²) in [5.41, 5.74) is 2.99. The SMILES string of the molecule is CCCn1ccc2cc(NC(=O)CCNC(=O)N(C)Cc3ccccc3)ccc21. The quantitative estimate of drug-likeness (QED) is 0.603. The maximum absolute atomic E-state index is 12.2. The first-order chi connectivity index (χ1) is 14.1. The van der Waals surface area contributed by atoms with Gasteiger partial charge in [-0.2, -0.15) is 0 Å². The minimum absolute atomic E-state index is 0.122. The van der Waals surface area contributed by atoms with Gasteiger partial charge in [0.15, 0.2) is 0 Å². The van der Waals surface area contributed by atoms with Gasteiger partial charge in [0, 0.05) is 55.9 Å². The first-order valence-corrected chi connectivity index (χ1v) is 9.98. The number of hydrogen-bond donors (Lipinski definition) is 2. The lowest BCUT2D eigenvalue weighted by atomic mass is 10.2. The molecule has 0 aliphatic rings. The van der Waals surface area contributed by atoms with Crippen LogP contribution in [0.3, 0.4) is 0 Å². The second-order valence-electron chi connectivity index (χ2n) is 7.15. The van der Waals surface area contributed by atoms with Crippen molar-refractivity contribution in [3.63, 3.8) is 0 Å². The standard InChI is InChI=1S/C23H28N4O2/c1-3-14-27-15-12-19-16-20(9-10-21(19)27)25-22(28)11-13-24-23(29)26(2)17-18-7-5-4-6-8-18/h4-10,12,15-16H,3,11,13-14,17H2,1-2H3,(H,24,29)(H,25,28). The van der Waals surface area contributed by atoms with Crippen LogP contribution in [-0.4, -0.2) is 35.0 Å². The molecule has 0 fully saturated rings. The molecule has 0 spiro atoms. The van der Waals surface area contributed by atoms with Gasteiger partial charge in [-0.15, -0.1) is 0 Å². The Hall–Kier alpha value is -3.28. The third-order valence-electron chi connectivity index (χ3n) is 4.76. The van der Waals surface area contributed by atoms with Crippen molar-refractivity contribution < 1.29 is 9.59 Å². The second kappa shape index (κ2) is 9.78. The Morgan fingerprint density at radius 1 is 1.07 bits per heavy atom. The van der Waals surface area contributed by atoms with Crippen LogP contribution in [0.5, 0.6) is 0 Å². The number of nitrogens with one attached hydrogen (secondary N) is 2. The van der Waals surface area contributed by atoms with E-state index in [2.05, 4.69) is 34.4 Å². The summed E-state index contributed by atoms with van der Waals surface area (Å²) in [7, 11) is 1.74. The number of aromatic nitrogens is 1. The lowest BCUT2D eigenvalue weighted by Gasteiger charge is -2.18. The number of aryl methyl sites for hydroxylation is 1. The maximum Gasteiger partial charge on any atom is 0.317 e. The van der Waals surface area contributed by atoms with E-state index in [4.69, 9.17) is 0 Å². The van der Waals surface area contributed by atoms with Gasteiger partial charge in [-0.25, -0.2) is 4.79 Å². The summed E-state index contributed by atoms with van der Waals surface area (Å²) in [6, 6.07) is 17.6. The third-order valence-corrected chi connectivity index (χ3v) is 4.76. The Morgan fingerprint density at radius 3 is 2.62 bits per heavy atom. The molecular formula is C23H28N4O2. The molecule has 0 saturated carbocycles. The van der Waals surface area contributed by atoms with E-state index >= 15 is 0 Å². The molecule has 3 amide bonds. The number of nitrogens with zero attached hydrogens (tertiary/aromatic N) is 2. The topological polar surface area (TPSA) is 66.4 Å². The van der Waals surface area contributed by atoms with E-state index in [1.54, 1.807) is 11.9 Å². The molecule has 0 unspecified atom stereocenters. The summed E-state index contributed by atoms with van der Waals surface area (Å²) in [5.74, 6) is -0.122. The Bertz CT molecular complexity index is 965. The second-order valence-corrected chi connectivity index (χ2v) is 7.15. The van der Waals surface area contributed by atoms with Gasteiger partial charge < -0.3 is 20.1 Å². The molecule has 0 aliphatic carbocycles. The highest BCUT2D eigenvalue weighted by molar-refractivity contribution is 5.94. The number of anilines is 1. The van der Waals surface area contributed by atoms with E-state index in [1.165, 1.54) is 5.52 Å². The van der Waals surface area contributed by atoms with E-state index in [0.717, 1.165) is 29.6 Å². The van der Waals surface area contributed by atoms with Crippen molar-refractivity contribution >= 4 is 28.5 Å². The van der Waals surface area contributed by atoms with Crippen LogP contribution in [0.2, 0.25) is 0 Å². The monoisotopic (exact) mass is 392 g/mol. The van der Waals surface area contributed by atoms with Crippen molar-refractivity contribution in [2.75, 3.05) is 18.9 Å². The molecule has 3 aromatic rings. The number of fused-ring (bicyclic) bond motifs is 1. The molecule has 0 aliphatic heterocycles. The van der Waals surface area contributed by atoms with Gasteiger partial charge in [-0.1, -0.05) is 37.3 Å². The highest BCUT2D eigenvalue weighted by atomic mass is 16.2. The molecule has 0 saturated heterocycles. The van der Waals surface area contributed by atoms with E-state index in [0.29, 0.717) is 13.1 Å². The highest BCUT2D eigenvalue weighted by Crippen LogP contribution is 2.21. The lowest BCUT2D eigenvalue weighted by Crippen LogP contribution is -2.38. The van der Waals surface area contributed by atoms with E-state index in [9.17, 15) is 9.59 Å². The van der Waals surface area contributed by atoms with Crippen molar-refractivity contribution in [2.45, 2.75) is 32.9 Å². The zero-order valence-electron chi connectivity index (χ0n) is 17.0. The zero-order valence-corrected chi connectivity index (χ0v) is 17.0. The summed E-state index contributed by atoms with van der Waals surface area (Å²) in [5, 5.41) is 6.80. The van der Waals surface area contributed by atoms with Gasteiger partial charge in [0.25, 0.3) is 0 Å². The van der Waals surface area contributed by atoms with Crippen LogP contribution < -0.4 is 10.6 Å².